The molecule has 0 heterocycles. The third kappa shape index (κ3) is 2.30. The highest BCUT2D eigenvalue weighted by molar-refractivity contribution is 5.16. The lowest BCUT2D eigenvalue weighted by molar-refractivity contribution is -0.107. The largest absolute Gasteiger partial charge is 0.0998 e. The van der Waals surface area contributed by atoms with Crippen molar-refractivity contribution in [2.75, 3.05) is 0 Å². The van der Waals surface area contributed by atoms with E-state index in [1.54, 1.807) is 0 Å². The standard InChI is InChI=1S/C24H40/c1-15(2)21-13-17(4)22-19-9-11-23(5)14-16(3)7-8-20(23)18(19)10-12-24(21,22)6/h16-22H,1,7-14H2,2-6H3. The van der Waals surface area contributed by atoms with Crippen LogP contribution in [0.4, 0.5) is 0 Å². The highest BCUT2D eigenvalue weighted by Crippen LogP contribution is 2.68. The number of rotatable bonds is 1. The molecule has 0 aromatic heterocycles. The van der Waals surface area contributed by atoms with Gasteiger partial charge in [0.25, 0.3) is 0 Å². The van der Waals surface area contributed by atoms with Crippen LogP contribution in [0.5, 0.6) is 0 Å². The van der Waals surface area contributed by atoms with Crippen molar-refractivity contribution >= 4 is 0 Å². The quantitative estimate of drug-likeness (QED) is 0.450. The van der Waals surface area contributed by atoms with Gasteiger partial charge in [0.15, 0.2) is 0 Å². The van der Waals surface area contributed by atoms with Crippen molar-refractivity contribution in [3.63, 3.8) is 0 Å². The van der Waals surface area contributed by atoms with Crippen LogP contribution in [-0.4, -0.2) is 0 Å². The van der Waals surface area contributed by atoms with Gasteiger partial charge in [-0.2, -0.15) is 0 Å². The predicted octanol–water partition coefficient (Wildman–Crippen LogP) is 7.10. The molecule has 0 saturated heterocycles. The van der Waals surface area contributed by atoms with Gasteiger partial charge in [0.2, 0.25) is 0 Å². The van der Waals surface area contributed by atoms with Crippen LogP contribution in [0.3, 0.4) is 0 Å². The van der Waals surface area contributed by atoms with Crippen molar-refractivity contribution in [2.24, 2.45) is 52.3 Å². The molecule has 0 heteroatoms. The molecule has 4 aliphatic rings. The van der Waals surface area contributed by atoms with Crippen LogP contribution in [0.2, 0.25) is 0 Å². The van der Waals surface area contributed by atoms with Gasteiger partial charge in [-0.3, -0.25) is 0 Å². The maximum absolute atomic E-state index is 4.40. The summed E-state index contributed by atoms with van der Waals surface area (Å²) in [6.45, 7) is 17.1. The lowest BCUT2D eigenvalue weighted by Gasteiger charge is -2.60. The molecular formula is C24H40. The van der Waals surface area contributed by atoms with Crippen LogP contribution in [0, 0.1) is 52.3 Å². The second kappa shape index (κ2) is 5.62. The zero-order valence-corrected chi connectivity index (χ0v) is 16.9. The summed E-state index contributed by atoms with van der Waals surface area (Å²) in [5.41, 5.74) is 2.70. The summed E-state index contributed by atoms with van der Waals surface area (Å²) in [6.07, 6.45) is 12.0. The molecule has 4 aliphatic carbocycles. The lowest BCUT2D eigenvalue weighted by Crippen LogP contribution is -2.52. The summed E-state index contributed by atoms with van der Waals surface area (Å²) in [5.74, 6) is 6.74. The summed E-state index contributed by atoms with van der Waals surface area (Å²) in [7, 11) is 0. The number of hydrogen-bond acceptors (Lipinski definition) is 0. The zero-order chi connectivity index (χ0) is 17.3. The maximum atomic E-state index is 4.40. The first kappa shape index (κ1) is 17.2. The molecule has 0 spiro atoms. The third-order valence-corrected chi connectivity index (χ3v) is 9.65. The first-order valence-corrected chi connectivity index (χ1v) is 10.9. The van der Waals surface area contributed by atoms with Crippen molar-refractivity contribution in [1.29, 1.82) is 0 Å². The topological polar surface area (TPSA) is 0 Å². The van der Waals surface area contributed by atoms with Crippen LogP contribution >= 0.6 is 0 Å². The molecule has 9 unspecified atom stereocenters. The van der Waals surface area contributed by atoms with Crippen LogP contribution in [-0.2, 0) is 0 Å². The second-order valence-corrected chi connectivity index (χ2v) is 11.2. The fourth-order valence-electron chi connectivity index (χ4n) is 8.91. The van der Waals surface area contributed by atoms with E-state index in [9.17, 15) is 0 Å². The minimum atomic E-state index is 0.558. The van der Waals surface area contributed by atoms with E-state index in [0.717, 1.165) is 41.4 Å². The molecule has 0 nitrogen and oxygen atoms in total. The van der Waals surface area contributed by atoms with E-state index in [4.69, 9.17) is 0 Å². The van der Waals surface area contributed by atoms with E-state index < -0.39 is 0 Å². The predicted molar refractivity (Wildman–Crippen MR) is 104 cm³/mol. The summed E-state index contributed by atoms with van der Waals surface area (Å²) in [5, 5.41) is 0. The van der Waals surface area contributed by atoms with E-state index in [1.807, 2.05) is 0 Å². The molecule has 4 saturated carbocycles. The van der Waals surface area contributed by atoms with Gasteiger partial charge in [-0.15, -0.1) is 0 Å². The Labute approximate surface area is 150 Å². The van der Waals surface area contributed by atoms with E-state index in [0.29, 0.717) is 10.8 Å². The van der Waals surface area contributed by atoms with E-state index in [2.05, 4.69) is 41.2 Å². The molecule has 0 bridgehead atoms. The molecule has 0 aliphatic heterocycles. The van der Waals surface area contributed by atoms with E-state index >= 15 is 0 Å². The zero-order valence-electron chi connectivity index (χ0n) is 16.9. The molecule has 136 valence electrons. The van der Waals surface area contributed by atoms with Crippen molar-refractivity contribution in [3.05, 3.63) is 12.2 Å². The average molecular weight is 329 g/mol. The van der Waals surface area contributed by atoms with Crippen molar-refractivity contribution in [2.45, 2.75) is 86.0 Å². The summed E-state index contributed by atoms with van der Waals surface area (Å²) < 4.78 is 0. The maximum Gasteiger partial charge on any atom is -0.0149 e. The van der Waals surface area contributed by atoms with Gasteiger partial charge in [-0.25, -0.2) is 0 Å². The first-order chi connectivity index (χ1) is 11.3. The molecule has 0 aromatic carbocycles. The Hall–Kier alpha value is -0.260. The molecule has 0 aromatic rings. The van der Waals surface area contributed by atoms with Gasteiger partial charge in [0.05, 0.1) is 0 Å². The van der Waals surface area contributed by atoms with Gasteiger partial charge in [-0.05, 0) is 104 Å². The van der Waals surface area contributed by atoms with Gasteiger partial charge in [0.1, 0.15) is 0 Å². The van der Waals surface area contributed by atoms with Gasteiger partial charge in [-0.1, -0.05) is 46.3 Å². The van der Waals surface area contributed by atoms with Gasteiger partial charge in [0, 0.05) is 0 Å². The highest BCUT2D eigenvalue weighted by atomic mass is 14.6. The molecule has 0 radical (unpaired) electrons. The molecule has 4 fully saturated rings. The number of allylic oxidation sites excluding steroid dienone is 1. The Kier molecular flexibility index (Phi) is 4.02. The molecule has 0 N–H and O–H groups in total. The first-order valence-electron chi connectivity index (χ1n) is 10.9. The van der Waals surface area contributed by atoms with Crippen molar-refractivity contribution in [3.8, 4) is 0 Å². The number of fused-ring (bicyclic) bond motifs is 5. The van der Waals surface area contributed by atoms with E-state index in [-0.39, 0.29) is 0 Å². The van der Waals surface area contributed by atoms with Crippen molar-refractivity contribution < 1.29 is 0 Å². The molecule has 24 heavy (non-hydrogen) atoms. The Morgan fingerprint density at radius 2 is 1.67 bits per heavy atom. The van der Waals surface area contributed by atoms with Crippen molar-refractivity contribution in [1.82, 2.24) is 0 Å². The Morgan fingerprint density at radius 3 is 2.38 bits per heavy atom. The Morgan fingerprint density at radius 1 is 0.958 bits per heavy atom. The Balaban J connectivity index is 1.63. The summed E-state index contributed by atoms with van der Waals surface area (Å²) in [4.78, 5) is 0. The fraction of sp³-hybridized carbons (Fsp3) is 0.917. The molecule has 4 rings (SSSR count). The smallest absolute Gasteiger partial charge is 0.0149 e. The van der Waals surface area contributed by atoms with Gasteiger partial charge < -0.3 is 0 Å². The normalized spacial score (nSPS) is 57.0. The third-order valence-electron chi connectivity index (χ3n) is 9.65. The summed E-state index contributed by atoms with van der Waals surface area (Å²) in [6, 6.07) is 0. The molecular weight excluding hydrogens is 288 g/mol. The molecule has 9 atom stereocenters. The highest BCUT2D eigenvalue weighted by Gasteiger charge is 2.60. The van der Waals surface area contributed by atoms with Crippen LogP contribution < -0.4 is 0 Å². The van der Waals surface area contributed by atoms with E-state index in [1.165, 1.54) is 56.9 Å². The van der Waals surface area contributed by atoms with Crippen LogP contribution in [0.15, 0.2) is 12.2 Å². The Bertz CT molecular complexity index is 518. The average Bonchev–Trinajstić information content (AvgIpc) is 2.78. The molecule has 0 amide bonds. The lowest BCUT2D eigenvalue weighted by atomic mass is 9.45. The fourth-order valence-corrected chi connectivity index (χ4v) is 8.91. The van der Waals surface area contributed by atoms with Crippen LogP contribution in [0.1, 0.15) is 86.0 Å². The minimum absolute atomic E-state index is 0.558. The van der Waals surface area contributed by atoms with Gasteiger partial charge >= 0.3 is 0 Å². The minimum Gasteiger partial charge on any atom is -0.0998 e. The second-order valence-electron chi connectivity index (χ2n) is 11.2. The monoisotopic (exact) mass is 328 g/mol. The van der Waals surface area contributed by atoms with Crippen LogP contribution in [0.25, 0.3) is 0 Å². The summed E-state index contributed by atoms with van der Waals surface area (Å²) >= 11 is 0. The number of hydrogen-bond donors (Lipinski definition) is 0. The SMILES string of the molecule is C=C(C)C1CC(C)C2C3CCC4(C)CC(C)CCC4C3CCC12C.